The van der Waals surface area contributed by atoms with E-state index in [9.17, 15) is 9.18 Å². The molecule has 120 valence electrons. The molecule has 2 aromatic rings. The molecule has 1 aliphatic heterocycles. The second-order valence-corrected chi connectivity index (χ2v) is 5.88. The number of tetrazole rings is 1. The third-order valence-corrected chi connectivity index (χ3v) is 4.10. The van der Waals surface area contributed by atoms with Crippen LogP contribution in [-0.2, 0) is 9.53 Å². The molecule has 1 aromatic heterocycles. The zero-order chi connectivity index (χ0) is 15.8. The van der Waals surface area contributed by atoms with Crippen LogP contribution in [0.25, 0.3) is 5.69 Å². The minimum atomic E-state index is -0.436. The first-order valence-corrected chi connectivity index (χ1v) is 7.73. The number of anilines is 1. The normalized spacial score (nSPS) is 20.7. The Balaban J connectivity index is 1.60. The van der Waals surface area contributed by atoms with Gasteiger partial charge in [0.2, 0.25) is 0 Å². The standard InChI is InChI=1S/C15H16FN5O2/c16-11-6-5-10(17-15(22)13-2-1-7-23-13)8-12(11)21-14(9-3-4-9)18-19-20-21/h5-6,8-9,13H,1-4,7H2,(H,17,22)/t13-/m1/s1. The number of halogens is 1. The molecule has 2 aliphatic rings. The van der Waals surface area contributed by atoms with Gasteiger partial charge in [0.05, 0.1) is 0 Å². The Bertz CT molecular complexity index is 737. The van der Waals surface area contributed by atoms with Crippen LogP contribution in [0.2, 0.25) is 0 Å². The van der Waals surface area contributed by atoms with Crippen molar-refractivity contribution in [2.24, 2.45) is 0 Å². The van der Waals surface area contributed by atoms with Crippen LogP contribution in [0.5, 0.6) is 0 Å². The fourth-order valence-corrected chi connectivity index (χ4v) is 2.72. The van der Waals surface area contributed by atoms with Crippen LogP contribution in [0.15, 0.2) is 18.2 Å². The van der Waals surface area contributed by atoms with E-state index in [2.05, 4.69) is 20.8 Å². The first-order chi connectivity index (χ1) is 11.2. The summed E-state index contributed by atoms with van der Waals surface area (Å²) in [5.41, 5.74) is 0.737. The number of carbonyl (C=O) groups is 1. The van der Waals surface area contributed by atoms with Crippen molar-refractivity contribution >= 4 is 11.6 Å². The molecule has 4 rings (SSSR count). The minimum Gasteiger partial charge on any atom is -0.368 e. The quantitative estimate of drug-likeness (QED) is 0.930. The summed E-state index contributed by atoms with van der Waals surface area (Å²) in [7, 11) is 0. The zero-order valence-electron chi connectivity index (χ0n) is 12.4. The summed E-state index contributed by atoms with van der Waals surface area (Å²) in [5, 5.41) is 14.3. The molecule has 1 saturated carbocycles. The number of hydrogen-bond acceptors (Lipinski definition) is 5. The molecule has 0 radical (unpaired) electrons. The first kappa shape index (κ1) is 14.3. The number of aromatic nitrogens is 4. The van der Waals surface area contributed by atoms with Gasteiger partial charge in [0, 0.05) is 18.2 Å². The van der Waals surface area contributed by atoms with E-state index in [-0.39, 0.29) is 17.5 Å². The summed E-state index contributed by atoms with van der Waals surface area (Å²) in [6.07, 6.45) is 3.17. The molecule has 0 spiro atoms. The average molecular weight is 317 g/mol. The van der Waals surface area contributed by atoms with Crippen molar-refractivity contribution in [3.05, 3.63) is 29.8 Å². The molecule has 1 N–H and O–H groups in total. The lowest BCUT2D eigenvalue weighted by Crippen LogP contribution is -2.26. The Morgan fingerprint density at radius 3 is 2.96 bits per heavy atom. The topological polar surface area (TPSA) is 81.9 Å². The van der Waals surface area contributed by atoms with Crippen LogP contribution in [0.4, 0.5) is 10.1 Å². The van der Waals surface area contributed by atoms with Crippen molar-refractivity contribution in [2.45, 2.75) is 37.7 Å². The summed E-state index contributed by atoms with van der Waals surface area (Å²) in [4.78, 5) is 12.1. The third kappa shape index (κ3) is 2.81. The van der Waals surface area contributed by atoms with Gasteiger partial charge in [-0.25, -0.2) is 4.39 Å². The predicted octanol–water partition coefficient (Wildman–Crippen LogP) is 1.80. The van der Waals surface area contributed by atoms with E-state index in [0.717, 1.165) is 19.3 Å². The highest BCUT2D eigenvalue weighted by atomic mass is 19.1. The number of rotatable bonds is 4. The van der Waals surface area contributed by atoms with Gasteiger partial charge in [-0.2, -0.15) is 4.68 Å². The molecule has 8 heteroatoms. The van der Waals surface area contributed by atoms with Gasteiger partial charge in [0.15, 0.2) is 5.82 Å². The third-order valence-electron chi connectivity index (χ3n) is 4.10. The van der Waals surface area contributed by atoms with Crippen LogP contribution < -0.4 is 5.32 Å². The number of amides is 1. The van der Waals surface area contributed by atoms with Crippen molar-refractivity contribution in [1.29, 1.82) is 0 Å². The monoisotopic (exact) mass is 317 g/mol. The molecule has 1 amide bonds. The number of benzene rings is 1. The molecule has 2 fully saturated rings. The molecule has 2 heterocycles. The Morgan fingerprint density at radius 1 is 1.35 bits per heavy atom. The molecule has 1 aromatic carbocycles. The first-order valence-electron chi connectivity index (χ1n) is 7.73. The molecular weight excluding hydrogens is 301 g/mol. The van der Waals surface area contributed by atoms with E-state index in [0.29, 0.717) is 24.5 Å². The number of nitrogens with zero attached hydrogens (tertiary/aromatic N) is 4. The Kier molecular flexibility index (Phi) is 3.53. The molecule has 1 aliphatic carbocycles. The van der Waals surface area contributed by atoms with Crippen molar-refractivity contribution in [1.82, 2.24) is 20.2 Å². The lowest BCUT2D eigenvalue weighted by atomic mass is 10.2. The van der Waals surface area contributed by atoms with Crippen molar-refractivity contribution < 1.29 is 13.9 Å². The van der Waals surface area contributed by atoms with Crippen LogP contribution in [0.3, 0.4) is 0 Å². The summed E-state index contributed by atoms with van der Waals surface area (Å²) in [6.45, 7) is 0.599. The van der Waals surface area contributed by atoms with E-state index in [1.54, 1.807) is 6.07 Å². The summed E-state index contributed by atoms with van der Waals surface area (Å²) in [6, 6.07) is 4.37. The van der Waals surface area contributed by atoms with Crippen molar-refractivity contribution in [3.8, 4) is 5.69 Å². The van der Waals surface area contributed by atoms with E-state index in [1.807, 2.05) is 0 Å². The second kappa shape index (κ2) is 5.69. The summed E-state index contributed by atoms with van der Waals surface area (Å²) >= 11 is 0. The van der Waals surface area contributed by atoms with Gasteiger partial charge in [-0.3, -0.25) is 4.79 Å². The molecular formula is C15H16FN5O2. The summed E-state index contributed by atoms with van der Waals surface area (Å²) in [5.74, 6) is 0.301. The van der Waals surface area contributed by atoms with E-state index in [1.165, 1.54) is 16.8 Å². The van der Waals surface area contributed by atoms with E-state index >= 15 is 0 Å². The average Bonchev–Trinajstić information content (AvgIpc) is 3.04. The predicted molar refractivity (Wildman–Crippen MR) is 78.7 cm³/mol. The summed E-state index contributed by atoms with van der Waals surface area (Å²) < 4.78 is 20.9. The lowest BCUT2D eigenvalue weighted by Gasteiger charge is -2.12. The maximum absolute atomic E-state index is 14.2. The molecule has 1 atom stereocenters. The Labute approximate surface area is 131 Å². The molecule has 0 bridgehead atoms. The Hall–Kier alpha value is -2.35. The van der Waals surface area contributed by atoms with Gasteiger partial charge >= 0.3 is 0 Å². The van der Waals surface area contributed by atoms with Crippen LogP contribution in [0, 0.1) is 5.82 Å². The number of hydrogen-bond donors (Lipinski definition) is 1. The van der Waals surface area contributed by atoms with E-state index in [4.69, 9.17) is 4.74 Å². The highest BCUT2D eigenvalue weighted by molar-refractivity contribution is 5.94. The highest BCUT2D eigenvalue weighted by Crippen LogP contribution is 2.39. The number of ether oxygens (including phenoxy) is 1. The molecule has 1 saturated heterocycles. The highest BCUT2D eigenvalue weighted by Gasteiger charge is 2.31. The SMILES string of the molecule is O=C(Nc1ccc(F)c(-n2nnnc2C2CC2)c1)[C@H]1CCCO1. The van der Waals surface area contributed by atoms with Crippen molar-refractivity contribution in [3.63, 3.8) is 0 Å². The maximum atomic E-state index is 14.2. The van der Waals surface area contributed by atoms with Gasteiger partial charge in [0.1, 0.15) is 17.6 Å². The number of carbonyl (C=O) groups excluding carboxylic acids is 1. The lowest BCUT2D eigenvalue weighted by molar-refractivity contribution is -0.124. The van der Waals surface area contributed by atoms with Gasteiger partial charge in [-0.1, -0.05) is 0 Å². The van der Waals surface area contributed by atoms with Gasteiger partial charge in [-0.15, -0.1) is 5.10 Å². The number of nitrogens with one attached hydrogen (secondary N) is 1. The second-order valence-electron chi connectivity index (χ2n) is 5.88. The minimum absolute atomic E-state index is 0.209. The van der Waals surface area contributed by atoms with E-state index < -0.39 is 11.9 Å². The van der Waals surface area contributed by atoms with Gasteiger partial charge in [0.25, 0.3) is 5.91 Å². The smallest absolute Gasteiger partial charge is 0.253 e. The Morgan fingerprint density at radius 2 is 2.22 bits per heavy atom. The fourth-order valence-electron chi connectivity index (χ4n) is 2.72. The van der Waals surface area contributed by atoms with Gasteiger partial charge in [-0.05, 0) is 54.3 Å². The van der Waals surface area contributed by atoms with Gasteiger partial charge < -0.3 is 10.1 Å². The van der Waals surface area contributed by atoms with Crippen molar-refractivity contribution in [2.75, 3.05) is 11.9 Å². The molecule has 7 nitrogen and oxygen atoms in total. The largest absolute Gasteiger partial charge is 0.368 e. The van der Waals surface area contributed by atoms with Crippen LogP contribution >= 0.6 is 0 Å². The zero-order valence-corrected chi connectivity index (χ0v) is 12.4. The van der Waals surface area contributed by atoms with Crippen LogP contribution in [0.1, 0.15) is 37.4 Å². The fraction of sp³-hybridized carbons (Fsp3) is 0.467. The molecule has 0 unspecified atom stereocenters. The molecule has 23 heavy (non-hydrogen) atoms. The maximum Gasteiger partial charge on any atom is 0.253 e. The van der Waals surface area contributed by atoms with Crippen LogP contribution in [-0.4, -0.2) is 38.8 Å².